The largest absolute Gasteiger partial charge is 0.326 e. The first kappa shape index (κ1) is 8.00. The second-order valence-corrected chi connectivity index (χ2v) is 2.71. The van der Waals surface area contributed by atoms with Crippen molar-refractivity contribution in [2.75, 3.05) is 13.1 Å². The number of carbonyl (C=O) groups excluding carboxylic acids is 2. The van der Waals surface area contributed by atoms with E-state index in [1.807, 2.05) is 0 Å². The van der Waals surface area contributed by atoms with E-state index in [-0.39, 0.29) is 24.5 Å². The van der Waals surface area contributed by atoms with E-state index in [0.29, 0.717) is 6.54 Å². The molecule has 1 fully saturated rings. The minimum absolute atomic E-state index is 0.0911. The van der Waals surface area contributed by atoms with Crippen LogP contribution in [0.1, 0.15) is 6.92 Å². The molecule has 0 spiro atoms. The highest BCUT2D eigenvalue weighted by Crippen LogP contribution is 1.97. The molecule has 5 heteroatoms. The van der Waals surface area contributed by atoms with Crippen molar-refractivity contribution in [2.45, 2.75) is 13.0 Å². The summed E-state index contributed by atoms with van der Waals surface area (Å²) in [7, 11) is 0. The Morgan fingerprint density at radius 2 is 2.36 bits per heavy atom. The molecule has 0 aromatic rings. The van der Waals surface area contributed by atoms with Gasteiger partial charge in [0.15, 0.2) is 0 Å². The Morgan fingerprint density at radius 3 is 2.73 bits per heavy atom. The lowest BCUT2D eigenvalue weighted by Crippen LogP contribution is -2.37. The molecule has 1 rings (SSSR count). The Hall–Kier alpha value is -1.10. The molecule has 5 nitrogen and oxygen atoms in total. The molecule has 0 saturated carbocycles. The Kier molecular flexibility index (Phi) is 2.09. The maximum atomic E-state index is 10.9. The highest BCUT2D eigenvalue weighted by Gasteiger charge is 2.26. The number of nitrogens with two attached hydrogens (primary N) is 1. The van der Waals surface area contributed by atoms with Crippen LogP contribution < -0.4 is 11.1 Å². The van der Waals surface area contributed by atoms with Gasteiger partial charge in [-0.1, -0.05) is 0 Å². The average Bonchev–Trinajstić information content (AvgIpc) is 2.09. The van der Waals surface area contributed by atoms with Gasteiger partial charge in [0, 0.05) is 12.6 Å². The molecule has 62 valence electrons. The van der Waals surface area contributed by atoms with E-state index in [1.54, 1.807) is 6.92 Å². The second-order valence-electron chi connectivity index (χ2n) is 2.71. The van der Waals surface area contributed by atoms with E-state index in [4.69, 9.17) is 5.73 Å². The summed E-state index contributed by atoms with van der Waals surface area (Å²) in [5.41, 5.74) is 5.45. The van der Waals surface area contributed by atoms with Crippen molar-refractivity contribution in [1.29, 1.82) is 0 Å². The summed E-state index contributed by atoms with van der Waals surface area (Å²) in [5, 5.41) is 2.16. The predicted octanol–water partition coefficient (Wildman–Crippen LogP) is -1.11. The van der Waals surface area contributed by atoms with Gasteiger partial charge >= 0.3 is 6.03 Å². The van der Waals surface area contributed by atoms with Gasteiger partial charge in [-0.25, -0.2) is 4.79 Å². The van der Waals surface area contributed by atoms with Crippen molar-refractivity contribution in [3.05, 3.63) is 0 Å². The van der Waals surface area contributed by atoms with Crippen molar-refractivity contribution >= 4 is 11.9 Å². The van der Waals surface area contributed by atoms with Gasteiger partial charge in [-0.2, -0.15) is 0 Å². The topological polar surface area (TPSA) is 75.4 Å². The number of amides is 3. The number of nitrogens with zero attached hydrogens (tertiary/aromatic N) is 1. The number of urea groups is 1. The first-order valence-corrected chi connectivity index (χ1v) is 3.44. The standard InChI is InChI=1S/C6H11N3O2/c1-4(7)2-9-3-5(10)8-6(9)11/h4H,2-3,7H2,1H3,(H,8,10,11). The van der Waals surface area contributed by atoms with Crippen LogP contribution in [0.2, 0.25) is 0 Å². The normalized spacial score (nSPS) is 20.4. The summed E-state index contributed by atoms with van der Waals surface area (Å²) < 4.78 is 0. The highest BCUT2D eigenvalue weighted by atomic mass is 16.2. The molecule has 11 heavy (non-hydrogen) atoms. The van der Waals surface area contributed by atoms with Gasteiger partial charge in [0.1, 0.15) is 6.54 Å². The quantitative estimate of drug-likeness (QED) is 0.499. The summed E-state index contributed by atoms with van der Waals surface area (Å²) >= 11 is 0. The van der Waals surface area contributed by atoms with Crippen LogP contribution in [0.4, 0.5) is 4.79 Å². The summed E-state index contributed by atoms with van der Waals surface area (Å²) in [6, 6.07) is -0.432. The van der Waals surface area contributed by atoms with Crippen molar-refractivity contribution < 1.29 is 9.59 Å². The van der Waals surface area contributed by atoms with Crippen LogP contribution in [0.15, 0.2) is 0 Å². The molecule has 1 saturated heterocycles. The van der Waals surface area contributed by atoms with E-state index in [2.05, 4.69) is 5.32 Å². The monoisotopic (exact) mass is 157 g/mol. The van der Waals surface area contributed by atoms with Gasteiger partial charge in [0.05, 0.1) is 0 Å². The number of nitrogens with one attached hydrogen (secondary N) is 1. The minimum atomic E-state index is -0.340. The number of hydrogen-bond donors (Lipinski definition) is 2. The van der Waals surface area contributed by atoms with E-state index >= 15 is 0 Å². The zero-order valence-corrected chi connectivity index (χ0v) is 6.33. The molecule has 0 bridgehead atoms. The molecule has 1 unspecified atom stereocenters. The molecule has 1 aliphatic heterocycles. The van der Waals surface area contributed by atoms with Gasteiger partial charge in [0.25, 0.3) is 0 Å². The Balaban J connectivity index is 2.47. The molecule has 1 heterocycles. The summed E-state index contributed by atoms with van der Waals surface area (Å²) in [6.45, 7) is 2.36. The lowest BCUT2D eigenvalue weighted by atomic mass is 10.3. The molecule has 3 amide bonds. The molecular weight excluding hydrogens is 146 g/mol. The van der Waals surface area contributed by atoms with Gasteiger partial charge in [-0.3, -0.25) is 10.1 Å². The van der Waals surface area contributed by atoms with E-state index in [1.165, 1.54) is 4.90 Å². The first-order valence-electron chi connectivity index (χ1n) is 3.44. The van der Waals surface area contributed by atoms with Gasteiger partial charge in [-0.05, 0) is 6.92 Å². The third kappa shape index (κ3) is 1.91. The smallest absolute Gasteiger partial charge is 0.324 e. The van der Waals surface area contributed by atoms with Crippen molar-refractivity contribution in [2.24, 2.45) is 5.73 Å². The molecule has 0 aliphatic carbocycles. The summed E-state index contributed by atoms with van der Waals surface area (Å²) in [6.07, 6.45) is 0. The molecule has 3 N–H and O–H groups in total. The Morgan fingerprint density at radius 1 is 1.73 bits per heavy atom. The van der Waals surface area contributed by atoms with Gasteiger partial charge in [0.2, 0.25) is 5.91 Å². The van der Waals surface area contributed by atoms with E-state index in [9.17, 15) is 9.59 Å². The lowest BCUT2D eigenvalue weighted by Gasteiger charge is -2.14. The summed E-state index contributed by atoms with van der Waals surface area (Å²) in [5.74, 6) is -0.254. The molecule has 1 aliphatic rings. The molecule has 1 atom stereocenters. The first-order chi connectivity index (χ1) is 5.09. The van der Waals surface area contributed by atoms with Crippen LogP contribution in [-0.4, -0.2) is 36.0 Å². The van der Waals surface area contributed by atoms with Gasteiger partial charge in [-0.15, -0.1) is 0 Å². The highest BCUT2D eigenvalue weighted by molar-refractivity contribution is 6.01. The molecular formula is C6H11N3O2. The predicted molar refractivity (Wildman–Crippen MR) is 38.8 cm³/mol. The van der Waals surface area contributed by atoms with Crippen LogP contribution in [-0.2, 0) is 4.79 Å². The minimum Gasteiger partial charge on any atom is -0.326 e. The van der Waals surface area contributed by atoms with Crippen molar-refractivity contribution in [3.8, 4) is 0 Å². The molecule has 0 aromatic carbocycles. The Bertz CT molecular complexity index is 190. The average molecular weight is 157 g/mol. The fourth-order valence-corrected chi connectivity index (χ4v) is 0.978. The zero-order chi connectivity index (χ0) is 8.43. The van der Waals surface area contributed by atoms with Crippen LogP contribution >= 0.6 is 0 Å². The third-order valence-electron chi connectivity index (χ3n) is 1.38. The SMILES string of the molecule is CC(N)CN1CC(=O)NC1=O. The van der Waals surface area contributed by atoms with E-state index in [0.717, 1.165) is 0 Å². The third-order valence-corrected chi connectivity index (χ3v) is 1.38. The Labute approximate surface area is 64.5 Å². The lowest BCUT2D eigenvalue weighted by molar-refractivity contribution is -0.118. The zero-order valence-electron chi connectivity index (χ0n) is 6.33. The van der Waals surface area contributed by atoms with E-state index < -0.39 is 0 Å². The van der Waals surface area contributed by atoms with Crippen LogP contribution in [0.25, 0.3) is 0 Å². The maximum absolute atomic E-state index is 10.9. The number of imide groups is 1. The van der Waals surface area contributed by atoms with Crippen molar-refractivity contribution in [1.82, 2.24) is 10.2 Å². The van der Waals surface area contributed by atoms with Crippen LogP contribution in [0, 0.1) is 0 Å². The fraction of sp³-hybridized carbons (Fsp3) is 0.667. The maximum Gasteiger partial charge on any atom is 0.324 e. The molecule has 0 radical (unpaired) electrons. The van der Waals surface area contributed by atoms with Crippen LogP contribution in [0.5, 0.6) is 0 Å². The number of carbonyl (C=O) groups is 2. The fourth-order valence-electron chi connectivity index (χ4n) is 0.978. The molecule has 0 aromatic heterocycles. The van der Waals surface area contributed by atoms with Crippen LogP contribution in [0.3, 0.4) is 0 Å². The number of rotatable bonds is 2. The van der Waals surface area contributed by atoms with Crippen molar-refractivity contribution in [3.63, 3.8) is 0 Å². The summed E-state index contributed by atoms with van der Waals surface area (Å²) in [4.78, 5) is 22.9. The van der Waals surface area contributed by atoms with Gasteiger partial charge < -0.3 is 10.6 Å². The second kappa shape index (κ2) is 2.87. The number of hydrogen-bond acceptors (Lipinski definition) is 3.